The molecule has 1 amide bonds. The molecule has 2 rings (SSSR count). The van der Waals surface area contributed by atoms with E-state index in [0.29, 0.717) is 17.0 Å². The summed E-state index contributed by atoms with van der Waals surface area (Å²) < 4.78 is 39.6. The lowest BCUT2D eigenvalue weighted by Gasteiger charge is -2.17. The summed E-state index contributed by atoms with van der Waals surface area (Å²) in [4.78, 5) is 23.1. The third-order valence-corrected chi connectivity index (χ3v) is 2.76. The van der Waals surface area contributed by atoms with Crippen LogP contribution in [0.3, 0.4) is 0 Å². The zero-order chi connectivity index (χ0) is 13.4. The van der Waals surface area contributed by atoms with Crippen molar-refractivity contribution in [1.29, 1.82) is 0 Å². The topological polar surface area (TPSA) is 57.6 Å². The van der Waals surface area contributed by atoms with Crippen LogP contribution in [0.4, 0.5) is 18.9 Å². The number of aliphatic carboxylic acids is 1. The van der Waals surface area contributed by atoms with Crippen LogP contribution in [0.25, 0.3) is 0 Å². The number of hydrogen-bond donors (Lipinski definition) is 1. The van der Waals surface area contributed by atoms with Crippen molar-refractivity contribution < 1.29 is 27.9 Å². The van der Waals surface area contributed by atoms with Crippen molar-refractivity contribution in [3.05, 3.63) is 29.6 Å². The molecule has 0 bridgehead atoms. The Labute approximate surface area is 99.6 Å². The van der Waals surface area contributed by atoms with Gasteiger partial charge in [0.1, 0.15) is 17.4 Å². The Kier molecular flexibility index (Phi) is 2.98. The third-order valence-electron chi connectivity index (χ3n) is 2.76. The third kappa shape index (κ3) is 1.92. The van der Waals surface area contributed by atoms with Crippen molar-refractivity contribution in [3.8, 4) is 0 Å². The molecule has 1 aliphatic rings. The molecular weight excluding hydrogens is 251 g/mol. The molecule has 1 aromatic rings. The van der Waals surface area contributed by atoms with E-state index in [2.05, 4.69) is 0 Å². The first-order chi connectivity index (χ1) is 8.41. The predicted octanol–water partition coefficient (Wildman–Crippen LogP) is 1.54. The average molecular weight is 259 g/mol. The minimum Gasteiger partial charge on any atom is -0.481 e. The van der Waals surface area contributed by atoms with Gasteiger partial charge in [-0.25, -0.2) is 13.2 Å². The molecule has 1 saturated heterocycles. The molecule has 1 aliphatic heterocycles. The van der Waals surface area contributed by atoms with Crippen LogP contribution in [0.1, 0.15) is 6.42 Å². The molecule has 0 saturated carbocycles. The summed E-state index contributed by atoms with van der Waals surface area (Å²) in [5.41, 5.74) is -0.704. The fourth-order valence-corrected chi connectivity index (χ4v) is 1.92. The predicted molar refractivity (Wildman–Crippen MR) is 54.4 cm³/mol. The van der Waals surface area contributed by atoms with Gasteiger partial charge in [-0.05, 0) is 6.42 Å². The molecule has 1 aromatic carbocycles. The standard InChI is InChI=1S/C11H8F3NO3/c12-5-3-7(13)9(8(14)4-5)15-2-1-6(10(15)16)11(17)18/h3-4,6H,1-2H2,(H,17,18). The van der Waals surface area contributed by atoms with Crippen LogP contribution >= 0.6 is 0 Å². The van der Waals surface area contributed by atoms with E-state index in [1.165, 1.54) is 0 Å². The molecule has 1 heterocycles. The van der Waals surface area contributed by atoms with Crippen molar-refractivity contribution in [2.75, 3.05) is 11.4 Å². The van der Waals surface area contributed by atoms with E-state index in [1.807, 2.05) is 0 Å². The zero-order valence-corrected chi connectivity index (χ0v) is 8.99. The summed E-state index contributed by atoms with van der Waals surface area (Å²) in [6, 6.07) is 0.888. The minimum atomic E-state index is -1.34. The molecule has 0 aromatic heterocycles. The van der Waals surface area contributed by atoms with Gasteiger partial charge in [0.05, 0.1) is 0 Å². The van der Waals surface area contributed by atoms with Gasteiger partial charge >= 0.3 is 5.97 Å². The maximum Gasteiger partial charge on any atom is 0.316 e. The van der Waals surface area contributed by atoms with E-state index in [1.54, 1.807) is 0 Å². The van der Waals surface area contributed by atoms with Gasteiger partial charge < -0.3 is 10.0 Å². The first-order valence-electron chi connectivity index (χ1n) is 5.10. The lowest BCUT2D eigenvalue weighted by Crippen LogP contribution is -2.31. The second kappa shape index (κ2) is 4.32. The number of benzene rings is 1. The quantitative estimate of drug-likeness (QED) is 0.819. The molecule has 1 N–H and O–H groups in total. The van der Waals surface area contributed by atoms with Crippen LogP contribution in [0.15, 0.2) is 12.1 Å². The Bertz CT molecular complexity index is 509. The van der Waals surface area contributed by atoms with E-state index in [9.17, 15) is 22.8 Å². The van der Waals surface area contributed by atoms with Gasteiger partial charge in [-0.15, -0.1) is 0 Å². The highest BCUT2D eigenvalue weighted by Gasteiger charge is 2.39. The highest BCUT2D eigenvalue weighted by atomic mass is 19.1. The molecule has 18 heavy (non-hydrogen) atoms. The molecule has 1 fully saturated rings. The number of halogens is 3. The van der Waals surface area contributed by atoms with Crippen LogP contribution in [-0.2, 0) is 9.59 Å². The van der Waals surface area contributed by atoms with E-state index in [0.717, 1.165) is 0 Å². The van der Waals surface area contributed by atoms with Crippen LogP contribution < -0.4 is 4.90 Å². The van der Waals surface area contributed by atoms with Crippen molar-refractivity contribution in [2.45, 2.75) is 6.42 Å². The Balaban J connectivity index is 2.40. The maximum absolute atomic E-state index is 13.4. The minimum absolute atomic E-state index is 0.0373. The Morgan fingerprint density at radius 3 is 2.28 bits per heavy atom. The molecule has 0 aliphatic carbocycles. The monoisotopic (exact) mass is 259 g/mol. The van der Waals surface area contributed by atoms with Gasteiger partial charge in [0, 0.05) is 18.7 Å². The first-order valence-corrected chi connectivity index (χ1v) is 5.10. The van der Waals surface area contributed by atoms with Crippen molar-refractivity contribution in [1.82, 2.24) is 0 Å². The lowest BCUT2D eigenvalue weighted by atomic mass is 10.1. The van der Waals surface area contributed by atoms with Gasteiger partial charge in [-0.1, -0.05) is 0 Å². The number of amides is 1. The van der Waals surface area contributed by atoms with Crippen molar-refractivity contribution >= 4 is 17.6 Å². The zero-order valence-electron chi connectivity index (χ0n) is 8.99. The number of anilines is 1. The SMILES string of the molecule is O=C(O)C1CCN(c2c(F)cc(F)cc2F)C1=O. The normalized spacial score (nSPS) is 19.4. The number of rotatable bonds is 2. The molecule has 7 heteroatoms. The van der Waals surface area contributed by atoms with Crippen LogP contribution in [0.5, 0.6) is 0 Å². The van der Waals surface area contributed by atoms with Crippen molar-refractivity contribution in [3.63, 3.8) is 0 Å². The summed E-state index contributed by atoms with van der Waals surface area (Å²) in [6.45, 7) is -0.116. The number of carbonyl (C=O) groups is 2. The highest BCUT2D eigenvalue weighted by Crippen LogP contribution is 2.30. The lowest BCUT2D eigenvalue weighted by molar-refractivity contribution is -0.144. The van der Waals surface area contributed by atoms with Crippen LogP contribution in [0.2, 0.25) is 0 Å². The number of carboxylic acids is 1. The van der Waals surface area contributed by atoms with Gasteiger partial charge in [0.2, 0.25) is 5.91 Å². The first kappa shape index (κ1) is 12.4. The summed E-state index contributed by atoms with van der Waals surface area (Å²) in [7, 11) is 0. The fourth-order valence-electron chi connectivity index (χ4n) is 1.92. The molecule has 0 radical (unpaired) electrons. The van der Waals surface area contributed by atoms with Crippen LogP contribution in [0, 0.1) is 23.4 Å². The van der Waals surface area contributed by atoms with E-state index < -0.39 is 40.9 Å². The maximum atomic E-state index is 13.4. The summed E-state index contributed by atoms with van der Waals surface area (Å²) in [6.07, 6.45) is -0.0373. The number of hydrogen-bond acceptors (Lipinski definition) is 2. The van der Waals surface area contributed by atoms with Crippen molar-refractivity contribution in [2.24, 2.45) is 5.92 Å². The summed E-state index contributed by atoms with van der Waals surface area (Å²) in [5, 5.41) is 8.74. The second-order valence-corrected chi connectivity index (χ2v) is 3.89. The molecule has 1 unspecified atom stereocenters. The second-order valence-electron chi connectivity index (χ2n) is 3.89. The van der Waals surface area contributed by atoms with E-state index >= 15 is 0 Å². The molecule has 1 atom stereocenters. The van der Waals surface area contributed by atoms with E-state index in [4.69, 9.17) is 5.11 Å². The molecule has 96 valence electrons. The largest absolute Gasteiger partial charge is 0.481 e. The van der Waals surface area contributed by atoms with Gasteiger partial charge in [0.15, 0.2) is 11.6 Å². The van der Waals surface area contributed by atoms with Gasteiger partial charge in [-0.2, -0.15) is 0 Å². The summed E-state index contributed by atoms with van der Waals surface area (Å²) >= 11 is 0. The molecular formula is C11H8F3NO3. The Morgan fingerprint density at radius 1 is 1.28 bits per heavy atom. The summed E-state index contributed by atoms with van der Waals surface area (Å²) in [5.74, 6) is -7.11. The number of carboxylic acid groups (broad SMARTS) is 1. The van der Waals surface area contributed by atoms with Gasteiger partial charge in [-0.3, -0.25) is 9.59 Å². The number of carbonyl (C=O) groups excluding carboxylic acids is 1. The smallest absolute Gasteiger partial charge is 0.316 e. The number of nitrogens with zero attached hydrogens (tertiary/aromatic N) is 1. The fraction of sp³-hybridized carbons (Fsp3) is 0.273. The Morgan fingerprint density at radius 2 is 1.83 bits per heavy atom. The van der Waals surface area contributed by atoms with Gasteiger partial charge in [0.25, 0.3) is 0 Å². The average Bonchev–Trinajstić information content (AvgIpc) is 2.59. The van der Waals surface area contributed by atoms with E-state index in [-0.39, 0.29) is 13.0 Å². The molecule has 4 nitrogen and oxygen atoms in total. The Hall–Kier alpha value is -2.05. The van der Waals surface area contributed by atoms with Crippen LogP contribution in [-0.4, -0.2) is 23.5 Å². The molecule has 0 spiro atoms. The highest BCUT2D eigenvalue weighted by molar-refractivity contribution is 6.07.